The predicted octanol–water partition coefficient (Wildman–Crippen LogP) is -3.90. The first kappa shape index (κ1) is 22.2. The Hall–Kier alpha value is -0.440. The molecule has 3 aliphatic heterocycles. The van der Waals surface area contributed by atoms with Crippen LogP contribution in [0.15, 0.2) is 0 Å². The van der Waals surface area contributed by atoms with Crippen molar-refractivity contribution in [2.24, 2.45) is 0 Å². The maximum absolute atomic E-state index is 10.6. The normalized spacial score (nSPS) is 48.5. The zero-order valence-electron chi connectivity index (χ0n) is 15.5. The largest absolute Gasteiger partial charge is 0.394 e. The molecule has 0 bridgehead atoms. The molecular weight excluding hydrogens is 378 g/mol. The van der Waals surface area contributed by atoms with Crippen LogP contribution in [0, 0.1) is 0 Å². The maximum atomic E-state index is 10.6. The molecule has 0 aliphatic carbocycles. The standard InChI is InChI=1S/C17H31NO10/c19-6-8-10(21)11(22)14(25)17(27-8)28-15-9(7-20)26-16(13(24)12(15)23)18-4-2-1-3-5-18/h8-17,19-25H,1-7H2/t8-,9-,10-,11+,12-,13-,14-,15-,16-,17-/m1/s1. The number of hydrogen-bond donors (Lipinski definition) is 7. The molecule has 11 nitrogen and oxygen atoms in total. The summed E-state index contributed by atoms with van der Waals surface area (Å²) in [5.41, 5.74) is 0. The monoisotopic (exact) mass is 409 g/mol. The van der Waals surface area contributed by atoms with Crippen molar-refractivity contribution in [3.63, 3.8) is 0 Å². The Kier molecular flexibility index (Phi) is 7.61. The molecule has 0 aromatic rings. The highest BCUT2D eigenvalue weighted by molar-refractivity contribution is 4.96. The molecule has 0 radical (unpaired) electrons. The first-order valence-electron chi connectivity index (χ1n) is 9.71. The molecule has 10 atom stereocenters. The Labute approximate surface area is 162 Å². The molecule has 28 heavy (non-hydrogen) atoms. The van der Waals surface area contributed by atoms with Crippen LogP contribution in [0.3, 0.4) is 0 Å². The van der Waals surface area contributed by atoms with Gasteiger partial charge in [0.1, 0.15) is 55.1 Å². The van der Waals surface area contributed by atoms with Gasteiger partial charge in [0.2, 0.25) is 0 Å². The second kappa shape index (κ2) is 9.58. The molecule has 11 heteroatoms. The zero-order valence-corrected chi connectivity index (χ0v) is 15.5. The fourth-order valence-corrected chi connectivity index (χ4v) is 4.04. The van der Waals surface area contributed by atoms with Crippen molar-refractivity contribution >= 4 is 0 Å². The molecule has 3 saturated heterocycles. The minimum absolute atomic E-state index is 0.518. The summed E-state index contributed by atoms with van der Waals surface area (Å²) >= 11 is 0. The molecule has 0 amide bonds. The smallest absolute Gasteiger partial charge is 0.187 e. The molecule has 0 unspecified atom stereocenters. The van der Waals surface area contributed by atoms with Crippen molar-refractivity contribution in [2.75, 3.05) is 26.3 Å². The van der Waals surface area contributed by atoms with Gasteiger partial charge in [-0.3, -0.25) is 4.90 Å². The van der Waals surface area contributed by atoms with Crippen LogP contribution in [0.5, 0.6) is 0 Å². The van der Waals surface area contributed by atoms with E-state index in [1.54, 1.807) is 0 Å². The van der Waals surface area contributed by atoms with E-state index in [4.69, 9.17) is 14.2 Å². The second-order valence-electron chi connectivity index (χ2n) is 7.62. The average molecular weight is 409 g/mol. The highest BCUT2D eigenvalue weighted by atomic mass is 16.7. The molecule has 0 saturated carbocycles. The van der Waals surface area contributed by atoms with E-state index in [0.29, 0.717) is 13.1 Å². The van der Waals surface area contributed by atoms with Gasteiger partial charge >= 0.3 is 0 Å². The third-order valence-electron chi connectivity index (χ3n) is 5.73. The van der Waals surface area contributed by atoms with Crippen LogP contribution in [0.4, 0.5) is 0 Å². The number of piperidine rings is 1. The van der Waals surface area contributed by atoms with Crippen molar-refractivity contribution < 1.29 is 50.0 Å². The van der Waals surface area contributed by atoms with Crippen LogP contribution in [-0.2, 0) is 14.2 Å². The van der Waals surface area contributed by atoms with E-state index in [1.165, 1.54) is 0 Å². The number of aliphatic hydroxyl groups is 7. The molecule has 3 heterocycles. The zero-order chi connectivity index (χ0) is 20.4. The number of likely N-dealkylation sites (tertiary alicyclic amines) is 1. The van der Waals surface area contributed by atoms with Gasteiger partial charge in [0.05, 0.1) is 13.2 Å². The molecule has 0 aromatic carbocycles. The van der Waals surface area contributed by atoms with Crippen LogP contribution < -0.4 is 0 Å². The lowest BCUT2D eigenvalue weighted by Crippen LogP contribution is -2.66. The molecule has 0 spiro atoms. The van der Waals surface area contributed by atoms with Crippen LogP contribution in [0.25, 0.3) is 0 Å². The van der Waals surface area contributed by atoms with Gasteiger partial charge in [-0.2, -0.15) is 0 Å². The summed E-state index contributed by atoms with van der Waals surface area (Å²) < 4.78 is 16.6. The first-order valence-corrected chi connectivity index (χ1v) is 9.71. The van der Waals surface area contributed by atoms with E-state index in [1.807, 2.05) is 4.90 Å². The summed E-state index contributed by atoms with van der Waals surface area (Å²) in [5.74, 6) is 0. The van der Waals surface area contributed by atoms with Crippen molar-refractivity contribution in [2.45, 2.75) is 80.6 Å². The van der Waals surface area contributed by atoms with Crippen molar-refractivity contribution in [3.05, 3.63) is 0 Å². The van der Waals surface area contributed by atoms with Crippen LogP contribution in [-0.4, -0.2) is 128 Å². The molecule has 3 rings (SSSR count). The van der Waals surface area contributed by atoms with E-state index >= 15 is 0 Å². The van der Waals surface area contributed by atoms with Crippen molar-refractivity contribution in [3.8, 4) is 0 Å². The fourth-order valence-electron chi connectivity index (χ4n) is 4.04. The number of nitrogens with zero attached hydrogens (tertiary/aromatic N) is 1. The summed E-state index contributed by atoms with van der Waals surface area (Å²) in [4.78, 5) is 1.91. The van der Waals surface area contributed by atoms with Crippen LogP contribution in [0.1, 0.15) is 19.3 Å². The molecule has 3 fully saturated rings. The third kappa shape index (κ3) is 4.35. The van der Waals surface area contributed by atoms with E-state index in [2.05, 4.69) is 0 Å². The lowest BCUT2D eigenvalue weighted by atomic mass is 9.95. The summed E-state index contributed by atoms with van der Waals surface area (Å²) in [5, 5.41) is 70.0. The van der Waals surface area contributed by atoms with Gasteiger partial charge in [-0.05, 0) is 12.8 Å². The third-order valence-corrected chi connectivity index (χ3v) is 5.73. The molecule has 3 aliphatic rings. The van der Waals surface area contributed by atoms with Crippen molar-refractivity contribution in [1.82, 2.24) is 4.90 Å². The fraction of sp³-hybridized carbons (Fsp3) is 1.00. The van der Waals surface area contributed by atoms with Gasteiger partial charge in [-0.15, -0.1) is 0 Å². The van der Waals surface area contributed by atoms with Crippen molar-refractivity contribution in [1.29, 1.82) is 0 Å². The van der Waals surface area contributed by atoms with E-state index < -0.39 is 74.6 Å². The highest BCUT2D eigenvalue weighted by Crippen LogP contribution is 2.31. The Morgan fingerprint density at radius 1 is 0.714 bits per heavy atom. The highest BCUT2D eigenvalue weighted by Gasteiger charge is 2.51. The number of aliphatic hydroxyl groups excluding tert-OH is 7. The summed E-state index contributed by atoms with van der Waals surface area (Å²) in [6.45, 7) is 0.253. The van der Waals surface area contributed by atoms with E-state index in [9.17, 15) is 35.7 Å². The van der Waals surface area contributed by atoms with Gasteiger partial charge in [0.25, 0.3) is 0 Å². The molecule has 164 valence electrons. The molecular formula is C17H31NO10. The summed E-state index contributed by atoms with van der Waals surface area (Å²) in [6.07, 6.45) is -10.4. The average Bonchev–Trinajstić information content (AvgIpc) is 2.72. The van der Waals surface area contributed by atoms with E-state index in [0.717, 1.165) is 19.3 Å². The SMILES string of the molecule is OC[C@H]1O[C@H](O[C@H]2[C@H](O)[C@@H](O)[C@H](N3CCCCC3)O[C@@H]2CO)[C@H](O)[C@@H](O)[C@@H]1O. The van der Waals surface area contributed by atoms with Gasteiger partial charge in [-0.1, -0.05) is 6.42 Å². The van der Waals surface area contributed by atoms with Crippen LogP contribution >= 0.6 is 0 Å². The lowest BCUT2D eigenvalue weighted by Gasteiger charge is -2.48. The molecule has 0 aromatic heterocycles. The first-order chi connectivity index (χ1) is 13.4. The Bertz CT molecular complexity index is 489. The second-order valence-corrected chi connectivity index (χ2v) is 7.62. The Morgan fingerprint density at radius 3 is 1.96 bits per heavy atom. The van der Waals surface area contributed by atoms with Gasteiger partial charge in [0.15, 0.2) is 6.29 Å². The Balaban J connectivity index is 1.70. The topological polar surface area (TPSA) is 173 Å². The predicted molar refractivity (Wildman–Crippen MR) is 91.8 cm³/mol. The molecule has 7 N–H and O–H groups in total. The van der Waals surface area contributed by atoms with Crippen LogP contribution in [0.2, 0.25) is 0 Å². The minimum Gasteiger partial charge on any atom is -0.394 e. The van der Waals surface area contributed by atoms with E-state index in [-0.39, 0.29) is 0 Å². The Morgan fingerprint density at radius 2 is 1.36 bits per heavy atom. The van der Waals surface area contributed by atoms with Gasteiger partial charge < -0.3 is 50.0 Å². The number of hydrogen-bond acceptors (Lipinski definition) is 11. The summed E-state index contributed by atoms with van der Waals surface area (Å²) in [6, 6.07) is 0. The van der Waals surface area contributed by atoms with Gasteiger partial charge in [-0.25, -0.2) is 0 Å². The quantitative estimate of drug-likeness (QED) is 0.237. The lowest BCUT2D eigenvalue weighted by molar-refractivity contribution is -0.349. The number of ether oxygens (including phenoxy) is 3. The minimum atomic E-state index is -1.67. The summed E-state index contributed by atoms with van der Waals surface area (Å²) in [7, 11) is 0. The maximum Gasteiger partial charge on any atom is 0.187 e. The van der Waals surface area contributed by atoms with Gasteiger partial charge in [0, 0.05) is 13.1 Å². The number of rotatable bonds is 5.